The zero-order valence-corrected chi connectivity index (χ0v) is 12.0. The molecular weight excluding hydrogens is 254 g/mol. The summed E-state index contributed by atoms with van der Waals surface area (Å²) >= 11 is 0. The molecule has 0 bridgehead atoms. The molecule has 1 aromatic carbocycles. The summed E-state index contributed by atoms with van der Waals surface area (Å²) in [4.78, 5) is 12.0. The van der Waals surface area contributed by atoms with Crippen LogP contribution >= 0.6 is 0 Å². The zero-order valence-electron chi connectivity index (χ0n) is 12.0. The third kappa shape index (κ3) is 4.23. The minimum atomic E-state index is 0.0608. The quantitative estimate of drug-likeness (QED) is 0.864. The van der Waals surface area contributed by atoms with Crippen LogP contribution in [0.15, 0.2) is 24.3 Å². The smallest absolute Gasteiger partial charge is 0.224 e. The van der Waals surface area contributed by atoms with Crippen LogP contribution < -0.4 is 10.1 Å². The maximum atomic E-state index is 12.0. The summed E-state index contributed by atoms with van der Waals surface area (Å²) in [5, 5.41) is 12.2. The molecule has 4 nitrogen and oxygen atoms in total. The van der Waals surface area contributed by atoms with E-state index in [4.69, 9.17) is 9.84 Å². The minimum absolute atomic E-state index is 0.0608. The highest BCUT2D eigenvalue weighted by atomic mass is 16.5. The minimum Gasteiger partial charge on any atom is -0.497 e. The fraction of sp³-hybridized carbons (Fsp3) is 0.562. The Labute approximate surface area is 120 Å². The van der Waals surface area contributed by atoms with Crippen molar-refractivity contribution in [3.63, 3.8) is 0 Å². The second-order valence-corrected chi connectivity index (χ2v) is 5.50. The van der Waals surface area contributed by atoms with E-state index in [2.05, 4.69) is 5.32 Å². The number of methoxy groups -OCH3 is 1. The van der Waals surface area contributed by atoms with Crippen molar-refractivity contribution in [1.82, 2.24) is 5.32 Å². The van der Waals surface area contributed by atoms with Gasteiger partial charge in [-0.15, -0.1) is 0 Å². The number of hydrogen-bond acceptors (Lipinski definition) is 3. The van der Waals surface area contributed by atoms with E-state index in [1.165, 1.54) is 0 Å². The molecule has 0 aromatic heterocycles. The van der Waals surface area contributed by atoms with Crippen LogP contribution in [0.1, 0.15) is 31.2 Å². The normalized spacial score (nSPS) is 22.3. The fourth-order valence-electron chi connectivity index (χ4n) is 2.74. The highest BCUT2D eigenvalue weighted by Crippen LogP contribution is 2.23. The molecule has 20 heavy (non-hydrogen) atoms. The van der Waals surface area contributed by atoms with Crippen LogP contribution in [-0.4, -0.2) is 30.8 Å². The average Bonchev–Trinajstić information content (AvgIpc) is 2.48. The maximum absolute atomic E-state index is 12.0. The SMILES string of the molecule is COc1cccc(CC(=O)NC2CCC(CO)CC2)c1. The third-order valence-electron chi connectivity index (χ3n) is 3.97. The number of carbonyl (C=O) groups excluding carboxylic acids is 1. The van der Waals surface area contributed by atoms with Crippen molar-refractivity contribution in [2.75, 3.05) is 13.7 Å². The first-order valence-corrected chi connectivity index (χ1v) is 7.24. The summed E-state index contributed by atoms with van der Waals surface area (Å²) < 4.78 is 5.16. The zero-order chi connectivity index (χ0) is 14.4. The molecule has 1 aliphatic rings. The van der Waals surface area contributed by atoms with Gasteiger partial charge in [0.05, 0.1) is 13.5 Å². The van der Waals surface area contributed by atoms with Crippen molar-refractivity contribution >= 4 is 5.91 Å². The van der Waals surface area contributed by atoms with Gasteiger partial charge in [0.15, 0.2) is 0 Å². The van der Waals surface area contributed by atoms with E-state index in [0.717, 1.165) is 37.0 Å². The summed E-state index contributed by atoms with van der Waals surface area (Å²) in [5.74, 6) is 1.26. The van der Waals surface area contributed by atoms with E-state index < -0.39 is 0 Å². The van der Waals surface area contributed by atoms with E-state index in [9.17, 15) is 4.79 Å². The number of carbonyl (C=O) groups is 1. The second-order valence-electron chi connectivity index (χ2n) is 5.50. The Hall–Kier alpha value is -1.55. The van der Waals surface area contributed by atoms with Crippen LogP contribution in [0.2, 0.25) is 0 Å². The molecule has 1 saturated carbocycles. The molecule has 2 N–H and O–H groups in total. The lowest BCUT2D eigenvalue weighted by Gasteiger charge is -2.28. The first-order chi connectivity index (χ1) is 9.71. The molecule has 1 aromatic rings. The predicted octanol–water partition coefficient (Wildman–Crippen LogP) is 1.90. The molecule has 1 fully saturated rings. The maximum Gasteiger partial charge on any atom is 0.224 e. The molecular formula is C16H23NO3. The topological polar surface area (TPSA) is 58.6 Å². The van der Waals surface area contributed by atoms with Gasteiger partial charge in [-0.25, -0.2) is 0 Å². The van der Waals surface area contributed by atoms with E-state index in [1.54, 1.807) is 7.11 Å². The van der Waals surface area contributed by atoms with Crippen molar-refractivity contribution < 1.29 is 14.6 Å². The lowest BCUT2D eigenvalue weighted by molar-refractivity contribution is -0.121. The van der Waals surface area contributed by atoms with Crippen LogP contribution in [-0.2, 0) is 11.2 Å². The van der Waals surface area contributed by atoms with Gasteiger partial charge >= 0.3 is 0 Å². The number of aliphatic hydroxyl groups excluding tert-OH is 1. The molecule has 0 aliphatic heterocycles. The van der Waals surface area contributed by atoms with Gasteiger partial charge in [-0.2, -0.15) is 0 Å². The monoisotopic (exact) mass is 277 g/mol. The van der Waals surface area contributed by atoms with E-state index in [1.807, 2.05) is 24.3 Å². The molecule has 0 radical (unpaired) electrons. The average molecular weight is 277 g/mol. The van der Waals surface area contributed by atoms with E-state index in [0.29, 0.717) is 12.3 Å². The predicted molar refractivity (Wildman–Crippen MR) is 77.7 cm³/mol. The standard InChI is InChI=1S/C16H23NO3/c1-20-15-4-2-3-13(9-15)10-16(19)17-14-7-5-12(11-18)6-8-14/h2-4,9,12,14,18H,5-8,10-11H2,1H3,(H,17,19). The first-order valence-electron chi connectivity index (χ1n) is 7.24. The number of ether oxygens (including phenoxy) is 1. The highest BCUT2D eigenvalue weighted by molar-refractivity contribution is 5.79. The summed E-state index contributed by atoms with van der Waals surface area (Å²) in [6.07, 6.45) is 4.32. The number of hydrogen-bond donors (Lipinski definition) is 2. The summed E-state index contributed by atoms with van der Waals surface area (Å²) in [7, 11) is 1.62. The van der Waals surface area contributed by atoms with Crippen molar-refractivity contribution in [2.45, 2.75) is 38.1 Å². The molecule has 0 saturated heterocycles. The van der Waals surface area contributed by atoms with Gasteiger partial charge in [0, 0.05) is 12.6 Å². The lowest BCUT2D eigenvalue weighted by atomic mass is 9.86. The summed E-state index contributed by atoms with van der Waals surface area (Å²) in [6.45, 7) is 0.268. The molecule has 0 spiro atoms. The van der Waals surface area contributed by atoms with Gasteiger partial charge in [0.25, 0.3) is 0 Å². The largest absolute Gasteiger partial charge is 0.497 e. The van der Waals surface area contributed by atoms with Gasteiger partial charge in [-0.05, 0) is 49.3 Å². The van der Waals surface area contributed by atoms with E-state index >= 15 is 0 Å². The molecule has 0 unspecified atom stereocenters. The Morgan fingerprint density at radius 2 is 2.10 bits per heavy atom. The third-order valence-corrected chi connectivity index (χ3v) is 3.97. The molecule has 0 heterocycles. The molecule has 110 valence electrons. The Balaban J connectivity index is 1.80. The molecule has 1 amide bonds. The fourth-order valence-corrected chi connectivity index (χ4v) is 2.74. The van der Waals surface area contributed by atoms with Crippen LogP contribution in [0.5, 0.6) is 5.75 Å². The van der Waals surface area contributed by atoms with Gasteiger partial charge in [0.1, 0.15) is 5.75 Å². The Bertz CT molecular complexity index is 439. The van der Waals surface area contributed by atoms with Crippen LogP contribution in [0.3, 0.4) is 0 Å². The van der Waals surface area contributed by atoms with Gasteiger partial charge < -0.3 is 15.2 Å². The molecule has 0 atom stereocenters. The van der Waals surface area contributed by atoms with Gasteiger partial charge in [-0.1, -0.05) is 12.1 Å². The number of amides is 1. The Morgan fingerprint density at radius 1 is 1.35 bits per heavy atom. The molecule has 1 aliphatic carbocycles. The van der Waals surface area contributed by atoms with E-state index in [-0.39, 0.29) is 18.6 Å². The number of rotatable bonds is 5. The van der Waals surface area contributed by atoms with Crippen LogP contribution in [0, 0.1) is 5.92 Å². The molecule has 2 rings (SSSR count). The van der Waals surface area contributed by atoms with Crippen LogP contribution in [0.25, 0.3) is 0 Å². The van der Waals surface area contributed by atoms with Crippen molar-refractivity contribution in [2.24, 2.45) is 5.92 Å². The number of benzene rings is 1. The Kier molecular flexibility index (Phi) is 5.41. The van der Waals surface area contributed by atoms with Gasteiger partial charge in [0.2, 0.25) is 5.91 Å². The van der Waals surface area contributed by atoms with Crippen molar-refractivity contribution in [1.29, 1.82) is 0 Å². The van der Waals surface area contributed by atoms with Crippen molar-refractivity contribution in [3.05, 3.63) is 29.8 Å². The van der Waals surface area contributed by atoms with Crippen LogP contribution in [0.4, 0.5) is 0 Å². The summed E-state index contributed by atoms with van der Waals surface area (Å²) in [6, 6.07) is 7.86. The molecule has 4 heteroatoms. The highest BCUT2D eigenvalue weighted by Gasteiger charge is 2.21. The second kappa shape index (κ2) is 7.29. The number of nitrogens with one attached hydrogen (secondary N) is 1. The van der Waals surface area contributed by atoms with Gasteiger partial charge in [-0.3, -0.25) is 4.79 Å². The van der Waals surface area contributed by atoms with Crippen molar-refractivity contribution in [3.8, 4) is 5.75 Å². The summed E-state index contributed by atoms with van der Waals surface area (Å²) in [5.41, 5.74) is 0.964. The number of aliphatic hydroxyl groups is 1. The first kappa shape index (κ1) is 14.9. The Morgan fingerprint density at radius 3 is 2.75 bits per heavy atom. The lowest BCUT2D eigenvalue weighted by Crippen LogP contribution is -2.38.